The molecule has 10 heteroatoms. The van der Waals surface area contributed by atoms with E-state index in [-0.39, 0.29) is 18.8 Å². The maximum atomic E-state index is 11.4. The van der Waals surface area contributed by atoms with Crippen LogP contribution < -0.4 is 14.2 Å². The number of ether oxygens (including phenoxy) is 3. The molecule has 0 radical (unpaired) electrons. The molecule has 0 bridgehead atoms. The van der Waals surface area contributed by atoms with Crippen LogP contribution in [0.1, 0.15) is 12.1 Å². The van der Waals surface area contributed by atoms with Crippen LogP contribution in [-0.2, 0) is 14.3 Å². The molecule has 0 aliphatic carbocycles. The summed E-state index contributed by atoms with van der Waals surface area (Å²) in [5.74, 6) is 1.81. The molecular formula is C22H23N3O6S. The fourth-order valence-electron chi connectivity index (χ4n) is 3.33. The molecule has 1 N–H and O–H groups in total. The molecule has 0 fully saturated rings. The average molecular weight is 458 g/mol. The summed E-state index contributed by atoms with van der Waals surface area (Å²) in [7, 11) is -0.861. The van der Waals surface area contributed by atoms with Gasteiger partial charge in [0.15, 0.2) is 11.5 Å². The third-order valence-corrected chi connectivity index (χ3v) is 6.17. The lowest BCUT2D eigenvalue weighted by atomic mass is 10.2. The van der Waals surface area contributed by atoms with Crippen LogP contribution in [0.3, 0.4) is 0 Å². The van der Waals surface area contributed by atoms with Crippen molar-refractivity contribution in [2.75, 3.05) is 26.6 Å². The maximum absolute atomic E-state index is 11.4. The molecule has 2 aromatic carbocycles. The van der Waals surface area contributed by atoms with Gasteiger partial charge in [-0.2, -0.15) is 8.42 Å². The molecule has 9 nitrogen and oxygen atoms in total. The van der Waals surface area contributed by atoms with E-state index in [1.165, 1.54) is 13.4 Å². The number of hydrogen-bond acceptors (Lipinski definition) is 8. The summed E-state index contributed by atoms with van der Waals surface area (Å²) in [6.07, 6.45) is 1.69. The summed E-state index contributed by atoms with van der Waals surface area (Å²) in [5, 5.41) is 1.70. The predicted molar refractivity (Wildman–Crippen MR) is 120 cm³/mol. The first-order valence-electron chi connectivity index (χ1n) is 9.89. The minimum absolute atomic E-state index is 0.134. The van der Waals surface area contributed by atoms with Gasteiger partial charge >= 0.3 is 0 Å². The molecule has 0 unspecified atom stereocenters. The van der Waals surface area contributed by atoms with Gasteiger partial charge in [0.1, 0.15) is 12.1 Å². The number of hydrogen-bond donors (Lipinski definition) is 1. The summed E-state index contributed by atoms with van der Waals surface area (Å²) in [6.45, 7) is 2.18. The predicted octanol–water partition coefficient (Wildman–Crippen LogP) is 3.97. The first-order chi connectivity index (χ1) is 15.4. The quantitative estimate of drug-likeness (QED) is 0.297. The molecule has 4 aromatic rings. The number of fused-ring (bicyclic) bond motifs is 2. The van der Waals surface area contributed by atoms with Crippen LogP contribution in [0, 0.1) is 6.92 Å². The van der Waals surface area contributed by atoms with Gasteiger partial charge in [-0.25, -0.2) is 9.97 Å². The topological polar surface area (TPSA) is 113 Å². The molecular weight excluding hydrogens is 434 g/mol. The number of aromatic amines is 1. The first-order valence-corrected chi connectivity index (χ1v) is 11.5. The molecule has 0 saturated carbocycles. The van der Waals surface area contributed by atoms with Crippen LogP contribution in [-0.4, -0.2) is 49.9 Å². The van der Waals surface area contributed by atoms with Crippen molar-refractivity contribution in [1.29, 1.82) is 0 Å². The van der Waals surface area contributed by atoms with Crippen molar-refractivity contribution in [2.24, 2.45) is 0 Å². The number of aromatic nitrogens is 3. The summed E-state index contributed by atoms with van der Waals surface area (Å²) >= 11 is 0. The molecule has 0 amide bonds. The summed E-state index contributed by atoms with van der Waals surface area (Å²) in [5.41, 5.74) is 2.71. The summed E-state index contributed by atoms with van der Waals surface area (Å²) in [6, 6.07) is 11.3. The Morgan fingerprint density at radius 1 is 1.03 bits per heavy atom. The van der Waals surface area contributed by atoms with Gasteiger partial charge in [-0.15, -0.1) is 0 Å². The molecule has 0 atom stereocenters. The maximum Gasteiger partial charge on any atom is 0.267 e. The molecule has 2 aromatic heterocycles. The molecule has 168 valence electrons. The number of rotatable bonds is 9. The van der Waals surface area contributed by atoms with Crippen molar-refractivity contribution >= 4 is 31.9 Å². The van der Waals surface area contributed by atoms with Gasteiger partial charge in [0.05, 0.1) is 37.5 Å². The van der Waals surface area contributed by atoms with E-state index in [0.717, 1.165) is 23.7 Å². The monoisotopic (exact) mass is 457 g/mol. The number of H-pyrrole nitrogens is 1. The Hall–Kier alpha value is -3.37. The standard InChI is InChI=1S/C22H23N3O6S/c1-14-9-15-10-16(5-6-18(15)25-14)31-22-17-11-20(28-2)21(12-19(17)23-13-24-22)30-7-4-8-32(26,27)29-3/h5-6,9-13,25H,4,7-8H2,1-3H3. The molecule has 2 heterocycles. The Morgan fingerprint density at radius 3 is 2.66 bits per heavy atom. The number of benzene rings is 2. The van der Waals surface area contributed by atoms with Crippen LogP contribution >= 0.6 is 0 Å². The second-order valence-electron chi connectivity index (χ2n) is 7.13. The fraction of sp³-hybridized carbons (Fsp3) is 0.273. The third kappa shape index (κ3) is 4.76. The Balaban J connectivity index is 1.58. The van der Waals surface area contributed by atoms with Gasteiger partial charge in [-0.05, 0) is 43.7 Å². The molecule has 4 rings (SSSR count). The first kappa shape index (κ1) is 21.8. The van der Waals surface area contributed by atoms with E-state index in [9.17, 15) is 8.42 Å². The van der Waals surface area contributed by atoms with Gasteiger partial charge in [-0.3, -0.25) is 4.18 Å². The number of nitrogens with one attached hydrogen (secondary N) is 1. The van der Waals surface area contributed by atoms with Gasteiger partial charge < -0.3 is 19.2 Å². The van der Waals surface area contributed by atoms with Crippen molar-refractivity contribution in [3.05, 3.63) is 48.4 Å². The zero-order chi connectivity index (χ0) is 22.7. The number of methoxy groups -OCH3 is 1. The second-order valence-corrected chi connectivity index (χ2v) is 8.99. The van der Waals surface area contributed by atoms with Gasteiger partial charge in [0.25, 0.3) is 10.1 Å². The van der Waals surface area contributed by atoms with E-state index in [4.69, 9.17) is 14.2 Å². The zero-order valence-electron chi connectivity index (χ0n) is 17.9. The molecule has 0 spiro atoms. The summed E-state index contributed by atoms with van der Waals surface area (Å²) in [4.78, 5) is 11.9. The van der Waals surface area contributed by atoms with Crippen molar-refractivity contribution in [3.63, 3.8) is 0 Å². The van der Waals surface area contributed by atoms with Crippen molar-refractivity contribution in [2.45, 2.75) is 13.3 Å². The highest BCUT2D eigenvalue weighted by Crippen LogP contribution is 2.36. The fourth-order valence-corrected chi connectivity index (χ4v) is 3.96. The minimum atomic E-state index is -3.52. The smallest absolute Gasteiger partial charge is 0.267 e. The van der Waals surface area contributed by atoms with Gasteiger partial charge in [0, 0.05) is 22.7 Å². The SMILES string of the molecule is COc1cc2c(Oc3ccc4[nH]c(C)cc4c3)ncnc2cc1OCCCS(=O)(=O)OC. The van der Waals surface area contributed by atoms with E-state index >= 15 is 0 Å². The van der Waals surface area contributed by atoms with E-state index in [2.05, 4.69) is 19.1 Å². The highest BCUT2D eigenvalue weighted by molar-refractivity contribution is 7.86. The van der Waals surface area contributed by atoms with Crippen molar-refractivity contribution in [1.82, 2.24) is 15.0 Å². The Kier molecular flexibility index (Phi) is 6.15. The van der Waals surface area contributed by atoms with E-state index in [1.807, 2.05) is 31.2 Å². The highest BCUT2D eigenvalue weighted by Gasteiger charge is 2.14. The molecule has 0 aliphatic rings. The minimum Gasteiger partial charge on any atom is -0.493 e. The summed E-state index contributed by atoms with van der Waals surface area (Å²) < 4.78 is 44.6. The van der Waals surface area contributed by atoms with Gasteiger partial charge in [0.2, 0.25) is 5.88 Å². The van der Waals surface area contributed by atoms with Crippen LogP contribution in [0.4, 0.5) is 0 Å². The Labute approximate surface area is 185 Å². The Morgan fingerprint density at radius 2 is 1.88 bits per heavy atom. The van der Waals surface area contributed by atoms with Crippen LogP contribution in [0.15, 0.2) is 42.7 Å². The third-order valence-electron chi connectivity index (χ3n) is 4.88. The lowest BCUT2D eigenvalue weighted by molar-refractivity contribution is 0.293. The lowest BCUT2D eigenvalue weighted by Crippen LogP contribution is -2.11. The van der Waals surface area contributed by atoms with E-state index in [0.29, 0.717) is 34.0 Å². The lowest BCUT2D eigenvalue weighted by Gasteiger charge is -2.13. The second kappa shape index (κ2) is 9.01. The molecule has 32 heavy (non-hydrogen) atoms. The van der Waals surface area contributed by atoms with Crippen molar-refractivity contribution < 1.29 is 26.8 Å². The van der Waals surface area contributed by atoms with Crippen LogP contribution in [0.5, 0.6) is 23.1 Å². The van der Waals surface area contributed by atoms with Crippen LogP contribution in [0.25, 0.3) is 21.8 Å². The largest absolute Gasteiger partial charge is 0.493 e. The normalized spacial score (nSPS) is 11.7. The zero-order valence-corrected chi connectivity index (χ0v) is 18.7. The number of nitrogens with zero attached hydrogens (tertiary/aromatic N) is 2. The molecule has 0 saturated heterocycles. The van der Waals surface area contributed by atoms with Crippen molar-refractivity contribution in [3.8, 4) is 23.1 Å². The highest BCUT2D eigenvalue weighted by atomic mass is 32.2. The average Bonchev–Trinajstić information content (AvgIpc) is 3.15. The van der Waals surface area contributed by atoms with Crippen LogP contribution in [0.2, 0.25) is 0 Å². The Bertz CT molecular complexity index is 1370. The molecule has 0 aliphatic heterocycles. The number of aryl methyl sites for hydroxylation is 1. The van der Waals surface area contributed by atoms with E-state index < -0.39 is 10.1 Å². The van der Waals surface area contributed by atoms with Gasteiger partial charge in [-0.1, -0.05) is 0 Å². The van der Waals surface area contributed by atoms with E-state index in [1.54, 1.807) is 12.1 Å².